The Morgan fingerprint density at radius 1 is 1.20 bits per heavy atom. The quantitative estimate of drug-likeness (QED) is 0.829. The third-order valence-corrected chi connectivity index (χ3v) is 3.03. The van der Waals surface area contributed by atoms with Gasteiger partial charge in [0.2, 0.25) is 0 Å². The second-order valence-electron chi connectivity index (χ2n) is 3.48. The molecule has 2 aromatic rings. The van der Waals surface area contributed by atoms with Crippen LogP contribution < -0.4 is 0 Å². The van der Waals surface area contributed by atoms with Crippen LogP contribution in [0.3, 0.4) is 0 Å². The van der Waals surface area contributed by atoms with Gasteiger partial charge in [-0.2, -0.15) is 0 Å². The molecule has 0 unspecified atom stereocenters. The largest absolute Gasteiger partial charge is 0.326 e. The Morgan fingerprint density at radius 2 is 2.00 bits per heavy atom. The zero-order valence-electron chi connectivity index (χ0n) is 8.44. The van der Waals surface area contributed by atoms with E-state index >= 15 is 0 Å². The van der Waals surface area contributed by atoms with Crippen molar-refractivity contribution in [1.82, 2.24) is 9.55 Å². The number of halogens is 1. The molecular weight excluding hydrogens is 252 g/mol. The smallest absolute Gasteiger partial charge is 0.177 e. The van der Waals surface area contributed by atoms with E-state index in [-0.39, 0.29) is 0 Å². The molecule has 0 radical (unpaired) electrons. The Balaban J connectivity index is 1.83. The molecule has 0 fully saturated rings. The van der Waals surface area contributed by atoms with Gasteiger partial charge in [-0.15, -0.1) is 0 Å². The number of hydrogen-bond donors (Lipinski definition) is 0. The molecule has 0 spiro atoms. The lowest BCUT2D eigenvalue weighted by atomic mass is 10.1. The summed E-state index contributed by atoms with van der Waals surface area (Å²) in [5.41, 5.74) is 1.40. The van der Waals surface area contributed by atoms with Gasteiger partial charge in [0.25, 0.3) is 0 Å². The van der Waals surface area contributed by atoms with Gasteiger partial charge in [-0.1, -0.05) is 30.3 Å². The third-order valence-electron chi connectivity index (χ3n) is 2.37. The number of imidazole rings is 1. The van der Waals surface area contributed by atoms with E-state index in [1.807, 2.05) is 12.4 Å². The number of aromatic nitrogens is 2. The van der Waals surface area contributed by atoms with E-state index in [1.54, 1.807) is 0 Å². The van der Waals surface area contributed by atoms with Crippen molar-refractivity contribution < 1.29 is 0 Å². The van der Waals surface area contributed by atoms with Crippen molar-refractivity contribution in [3.63, 3.8) is 0 Å². The summed E-state index contributed by atoms with van der Waals surface area (Å²) in [6.07, 6.45) is 6.06. The average molecular weight is 265 g/mol. The molecule has 1 heterocycles. The van der Waals surface area contributed by atoms with Crippen LogP contribution in [0.5, 0.6) is 0 Å². The number of rotatable bonds is 4. The van der Waals surface area contributed by atoms with Gasteiger partial charge in [0, 0.05) is 18.9 Å². The third kappa shape index (κ3) is 2.93. The molecule has 1 aromatic heterocycles. The highest BCUT2D eigenvalue weighted by atomic mass is 79.9. The summed E-state index contributed by atoms with van der Waals surface area (Å²) < 4.78 is 3.03. The van der Waals surface area contributed by atoms with Gasteiger partial charge < -0.3 is 4.57 Å². The fourth-order valence-corrected chi connectivity index (χ4v) is 1.99. The Morgan fingerprint density at radius 3 is 2.67 bits per heavy atom. The van der Waals surface area contributed by atoms with Gasteiger partial charge in [0.1, 0.15) is 0 Å². The van der Waals surface area contributed by atoms with E-state index in [0.717, 1.165) is 24.1 Å². The van der Waals surface area contributed by atoms with Crippen molar-refractivity contribution in [3.05, 3.63) is 53.0 Å². The molecular formula is C12H13BrN2. The van der Waals surface area contributed by atoms with Crippen LogP contribution in [0.4, 0.5) is 0 Å². The van der Waals surface area contributed by atoms with Crippen LogP contribution in [0.1, 0.15) is 12.0 Å². The molecule has 1 aromatic carbocycles. The highest BCUT2D eigenvalue weighted by Gasteiger charge is 1.98. The van der Waals surface area contributed by atoms with Crippen LogP contribution >= 0.6 is 15.9 Å². The Hall–Kier alpha value is -1.09. The minimum absolute atomic E-state index is 0.913. The number of aryl methyl sites for hydroxylation is 2. The zero-order chi connectivity index (χ0) is 10.5. The van der Waals surface area contributed by atoms with Gasteiger partial charge in [-0.05, 0) is 34.3 Å². The first-order chi connectivity index (χ1) is 7.36. The molecule has 0 saturated carbocycles. The normalized spacial score (nSPS) is 10.5. The SMILES string of the molecule is Brc1nccn1CCCc1ccccc1. The lowest BCUT2D eigenvalue weighted by molar-refractivity contribution is 0.630. The van der Waals surface area contributed by atoms with Gasteiger partial charge in [0.05, 0.1) is 0 Å². The van der Waals surface area contributed by atoms with Gasteiger partial charge in [-0.25, -0.2) is 4.98 Å². The maximum Gasteiger partial charge on any atom is 0.177 e. The van der Waals surface area contributed by atoms with Crippen LogP contribution in [0, 0.1) is 0 Å². The summed E-state index contributed by atoms with van der Waals surface area (Å²) in [5, 5.41) is 0. The van der Waals surface area contributed by atoms with Gasteiger partial charge >= 0.3 is 0 Å². The number of nitrogens with zero attached hydrogens (tertiary/aromatic N) is 2. The van der Waals surface area contributed by atoms with E-state index in [0.29, 0.717) is 0 Å². The lowest BCUT2D eigenvalue weighted by Gasteiger charge is -2.03. The zero-order valence-corrected chi connectivity index (χ0v) is 10.0. The van der Waals surface area contributed by atoms with E-state index < -0.39 is 0 Å². The van der Waals surface area contributed by atoms with Crippen LogP contribution in [0.15, 0.2) is 47.5 Å². The fraction of sp³-hybridized carbons (Fsp3) is 0.250. The minimum Gasteiger partial charge on any atom is -0.326 e. The van der Waals surface area contributed by atoms with Crippen LogP contribution in [-0.4, -0.2) is 9.55 Å². The van der Waals surface area contributed by atoms with Crippen molar-refractivity contribution in [2.45, 2.75) is 19.4 Å². The molecule has 0 aliphatic rings. The molecule has 3 heteroatoms. The Bertz CT molecular complexity index is 409. The summed E-state index contributed by atoms with van der Waals surface area (Å²) >= 11 is 3.40. The molecule has 2 rings (SSSR count). The second kappa shape index (κ2) is 5.12. The molecule has 0 atom stereocenters. The van der Waals surface area contributed by atoms with Crippen LogP contribution in [0.2, 0.25) is 0 Å². The maximum atomic E-state index is 4.12. The van der Waals surface area contributed by atoms with Gasteiger partial charge in [0.15, 0.2) is 4.73 Å². The van der Waals surface area contributed by atoms with Crippen molar-refractivity contribution >= 4 is 15.9 Å². The molecule has 78 valence electrons. The first-order valence-electron chi connectivity index (χ1n) is 5.07. The highest BCUT2D eigenvalue weighted by molar-refractivity contribution is 9.10. The molecule has 0 aliphatic carbocycles. The fourth-order valence-electron chi connectivity index (χ4n) is 1.58. The standard InChI is InChI=1S/C12H13BrN2/c13-12-14-8-10-15(12)9-4-7-11-5-2-1-3-6-11/h1-3,5-6,8,10H,4,7,9H2. The second-order valence-corrected chi connectivity index (χ2v) is 4.19. The predicted molar refractivity (Wildman–Crippen MR) is 64.7 cm³/mol. The lowest BCUT2D eigenvalue weighted by Crippen LogP contribution is -1.98. The van der Waals surface area contributed by atoms with E-state index in [2.05, 4.69) is 55.8 Å². The summed E-state index contributed by atoms with van der Waals surface area (Å²) in [6, 6.07) is 10.6. The topological polar surface area (TPSA) is 17.8 Å². The first-order valence-corrected chi connectivity index (χ1v) is 5.86. The maximum absolute atomic E-state index is 4.12. The van der Waals surface area contributed by atoms with Gasteiger partial charge in [-0.3, -0.25) is 0 Å². The summed E-state index contributed by atoms with van der Waals surface area (Å²) in [5.74, 6) is 0. The molecule has 0 saturated heterocycles. The van der Waals surface area contributed by atoms with Crippen molar-refractivity contribution in [3.8, 4) is 0 Å². The first kappa shape index (κ1) is 10.4. The molecule has 2 nitrogen and oxygen atoms in total. The number of benzene rings is 1. The molecule has 0 bridgehead atoms. The van der Waals surface area contributed by atoms with Crippen molar-refractivity contribution in [1.29, 1.82) is 0 Å². The van der Waals surface area contributed by atoms with Crippen LogP contribution in [0.25, 0.3) is 0 Å². The van der Waals surface area contributed by atoms with E-state index in [1.165, 1.54) is 5.56 Å². The monoisotopic (exact) mass is 264 g/mol. The van der Waals surface area contributed by atoms with E-state index in [9.17, 15) is 0 Å². The molecule has 0 N–H and O–H groups in total. The number of hydrogen-bond acceptors (Lipinski definition) is 1. The molecule has 0 amide bonds. The van der Waals surface area contributed by atoms with Crippen molar-refractivity contribution in [2.24, 2.45) is 0 Å². The molecule has 0 aliphatic heterocycles. The summed E-state index contributed by atoms with van der Waals surface area (Å²) in [7, 11) is 0. The van der Waals surface area contributed by atoms with E-state index in [4.69, 9.17) is 0 Å². The van der Waals surface area contributed by atoms with Crippen LogP contribution in [-0.2, 0) is 13.0 Å². The summed E-state index contributed by atoms with van der Waals surface area (Å²) in [6.45, 7) is 1.01. The molecule has 15 heavy (non-hydrogen) atoms. The Kier molecular flexibility index (Phi) is 3.56. The van der Waals surface area contributed by atoms with Crippen molar-refractivity contribution in [2.75, 3.05) is 0 Å². The highest BCUT2D eigenvalue weighted by Crippen LogP contribution is 2.09. The summed E-state index contributed by atoms with van der Waals surface area (Å²) in [4.78, 5) is 4.12. The minimum atomic E-state index is 0.913. The predicted octanol–water partition coefficient (Wildman–Crippen LogP) is 3.28. The Labute approximate surface area is 98.1 Å². The average Bonchev–Trinajstić information content (AvgIpc) is 2.66.